The van der Waals surface area contributed by atoms with Gasteiger partial charge in [-0.2, -0.15) is 5.10 Å². The Kier molecular flexibility index (Phi) is 7.67. The minimum atomic E-state index is -4.78. The molecule has 8 nitrogen and oxygen atoms in total. The fourth-order valence-corrected chi connectivity index (χ4v) is 5.55. The minimum Gasteiger partial charge on any atom is -0.399 e. The summed E-state index contributed by atoms with van der Waals surface area (Å²) in [4.78, 5) is -0.952. The zero-order valence-corrected chi connectivity index (χ0v) is 23.6. The van der Waals surface area contributed by atoms with E-state index < -0.39 is 63.1 Å². The maximum Gasteiger partial charge on any atom is 0.498 e. The molecule has 0 saturated carbocycles. The molecule has 0 aliphatic carbocycles. The van der Waals surface area contributed by atoms with Gasteiger partial charge in [-0.15, -0.1) is 0 Å². The van der Waals surface area contributed by atoms with E-state index in [1.807, 2.05) is 41.5 Å². The minimum absolute atomic E-state index is 0.0346. The van der Waals surface area contributed by atoms with Crippen LogP contribution in [0.1, 0.15) is 47.6 Å². The van der Waals surface area contributed by atoms with Gasteiger partial charge >= 0.3 is 7.12 Å². The highest BCUT2D eigenvalue weighted by Crippen LogP contribution is 2.38. The third kappa shape index (κ3) is 5.20. The zero-order chi connectivity index (χ0) is 28.9. The number of ether oxygens (including phenoxy) is 1. The molecular formula is C26H31BF3N3O5S. The molecule has 13 heteroatoms. The van der Waals surface area contributed by atoms with Crippen LogP contribution in [0.15, 0.2) is 47.5 Å². The Morgan fingerprint density at radius 3 is 2.31 bits per heavy atom. The van der Waals surface area contributed by atoms with Gasteiger partial charge in [-0.1, -0.05) is 6.07 Å². The van der Waals surface area contributed by atoms with Crippen LogP contribution >= 0.6 is 0 Å². The Morgan fingerprint density at radius 1 is 1.08 bits per heavy atom. The summed E-state index contributed by atoms with van der Waals surface area (Å²) in [5, 5.41) is 4.58. The molecule has 0 radical (unpaired) electrons. The van der Waals surface area contributed by atoms with Crippen LogP contribution in [0.2, 0.25) is 0 Å². The van der Waals surface area contributed by atoms with Crippen LogP contribution in [-0.2, 0) is 24.1 Å². The van der Waals surface area contributed by atoms with Crippen LogP contribution in [-0.4, -0.2) is 50.4 Å². The number of hydrogen-bond acceptors (Lipinski definition) is 6. The maximum absolute atomic E-state index is 16.3. The van der Waals surface area contributed by atoms with Gasteiger partial charge in [-0.25, -0.2) is 25.9 Å². The number of nitrogens with zero attached hydrogens (tertiary/aromatic N) is 3. The van der Waals surface area contributed by atoms with Crippen LogP contribution in [0.4, 0.5) is 18.9 Å². The van der Waals surface area contributed by atoms with Crippen LogP contribution in [0.25, 0.3) is 11.3 Å². The van der Waals surface area contributed by atoms with E-state index in [1.165, 1.54) is 25.3 Å². The van der Waals surface area contributed by atoms with E-state index in [0.29, 0.717) is 21.9 Å². The molecule has 0 atom stereocenters. The highest BCUT2D eigenvalue weighted by molar-refractivity contribution is 7.92. The first-order valence-electron chi connectivity index (χ1n) is 12.3. The number of methoxy groups -OCH3 is 1. The predicted octanol–water partition coefficient (Wildman–Crippen LogP) is 4.65. The lowest BCUT2D eigenvalue weighted by molar-refractivity contribution is 0.00578. The lowest BCUT2D eigenvalue weighted by atomic mass is 9.78. The maximum atomic E-state index is 16.3. The third-order valence-electron chi connectivity index (χ3n) is 7.01. The van der Waals surface area contributed by atoms with Crippen molar-refractivity contribution in [1.82, 2.24) is 9.78 Å². The fraction of sp³-hybridized carbons (Fsp3) is 0.423. The average molecular weight is 565 g/mol. The largest absolute Gasteiger partial charge is 0.498 e. The first-order chi connectivity index (χ1) is 18.1. The van der Waals surface area contributed by atoms with Gasteiger partial charge in [-0.05, 0) is 71.9 Å². The second kappa shape index (κ2) is 10.3. The number of benzene rings is 2. The zero-order valence-electron chi connectivity index (χ0n) is 22.8. The van der Waals surface area contributed by atoms with Crippen molar-refractivity contribution in [3.05, 3.63) is 60.0 Å². The molecule has 0 unspecified atom stereocenters. The molecule has 1 fully saturated rings. The standard InChI is InChI=1S/C26H31BF3N3O5S/c1-16(2)32-14-19(27-37-25(3,4)26(5,6)38-27)24(31-32)18-9-8-10-21(23(18)30)33(15-36-7)39(34,35)22-13-17(28)11-12-20(22)29/h8-14,16H,15H2,1-7H3. The summed E-state index contributed by atoms with van der Waals surface area (Å²) in [6.45, 7) is 10.7. The van der Waals surface area contributed by atoms with Gasteiger partial charge in [-0.3, -0.25) is 4.68 Å². The van der Waals surface area contributed by atoms with Crippen molar-refractivity contribution in [3.63, 3.8) is 0 Å². The van der Waals surface area contributed by atoms with Crippen molar-refractivity contribution in [2.45, 2.75) is 63.7 Å². The van der Waals surface area contributed by atoms with Crippen molar-refractivity contribution in [3.8, 4) is 11.3 Å². The Labute approximate surface area is 226 Å². The van der Waals surface area contributed by atoms with Crippen LogP contribution in [0.5, 0.6) is 0 Å². The third-order valence-corrected chi connectivity index (χ3v) is 8.76. The molecule has 1 aliphatic rings. The van der Waals surface area contributed by atoms with E-state index in [9.17, 15) is 17.2 Å². The predicted molar refractivity (Wildman–Crippen MR) is 142 cm³/mol. The lowest BCUT2D eigenvalue weighted by Gasteiger charge is -2.32. The Balaban J connectivity index is 1.87. The SMILES string of the molecule is COCN(c1cccc(-c2nn(C(C)C)cc2B2OC(C)(C)C(C)(C)O2)c1F)S(=O)(=O)c1cc(F)ccc1F. The summed E-state index contributed by atoms with van der Waals surface area (Å²) in [6.07, 6.45) is 1.71. The van der Waals surface area contributed by atoms with E-state index in [4.69, 9.17) is 14.0 Å². The number of aromatic nitrogens is 2. The second-order valence-electron chi connectivity index (χ2n) is 10.6. The molecule has 0 amide bonds. The first kappa shape index (κ1) is 29.1. The molecule has 39 heavy (non-hydrogen) atoms. The van der Waals surface area contributed by atoms with Crippen LogP contribution < -0.4 is 9.77 Å². The Bertz CT molecular complexity index is 1480. The molecule has 2 aromatic carbocycles. The highest BCUT2D eigenvalue weighted by Gasteiger charge is 2.53. The van der Waals surface area contributed by atoms with Gasteiger partial charge in [0.15, 0.2) is 5.82 Å². The summed E-state index contributed by atoms with van der Waals surface area (Å²) in [6, 6.07) is 6.02. The molecule has 1 aliphatic heterocycles. The van der Waals surface area contributed by atoms with Gasteiger partial charge in [0.25, 0.3) is 10.0 Å². The molecule has 1 aromatic heterocycles. The van der Waals surface area contributed by atoms with Gasteiger partial charge < -0.3 is 14.0 Å². The normalized spacial score (nSPS) is 16.7. The molecule has 3 aromatic rings. The Hall–Kier alpha value is -2.87. The quantitative estimate of drug-likeness (QED) is 0.292. The van der Waals surface area contributed by atoms with Crippen molar-refractivity contribution in [2.75, 3.05) is 18.1 Å². The molecule has 0 N–H and O–H groups in total. The van der Waals surface area contributed by atoms with Crippen molar-refractivity contribution < 1.29 is 35.6 Å². The van der Waals surface area contributed by atoms with Gasteiger partial charge in [0.05, 0.1) is 22.6 Å². The van der Waals surface area contributed by atoms with E-state index in [2.05, 4.69) is 5.10 Å². The van der Waals surface area contributed by atoms with Gasteiger partial charge in [0, 0.05) is 30.4 Å². The van der Waals surface area contributed by atoms with Gasteiger partial charge in [0.1, 0.15) is 23.3 Å². The average Bonchev–Trinajstić information content (AvgIpc) is 3.37. The second-order valence-corrected chi connectivity index (χ2v) is 12.4. The van der Waals surface area contributed by atoms with Crippen molar-refractivity contribution in [1.29, 1.82) is 0 Å². The van der Waals surface area contributed by atoms with E-state index in [1.54, 1.807) is 10.9 Å². The molecule has 210 valence electrons. The molecule has 0 spiro atoms. The molecule has 2 heterocycles. The summed E-state index contributed by atoms with van der Waals surface area (Å²) in [5.74, 6) is -3.11. The molecule has 1 saturated heterocycles. The first-order valence-corrected chi connectivity index (χ1v) is 13.7. The van der Waals surface area contributed by atoms with E-state index in [-0.39, 0.29) is 17.3 Å². The topological polar surface area (TPSA) is 82.9 Å². The smallest absolute Gasteiger partial charge is 0.399 e. The highest BCUT2D eigenvalue weighted by atomic mass is 32.2. The Morgan fingerprint density at radius 2 is 1.72 bits per heavy atom. The molecular weight excluding hydrogens is 534 g/mol. The number of rotatable bonds is 8. The summed E-state index contributed by atoms with van der Waals surface area (Å²) in [7, 11) is -4.45. The van der Waals surface area contributed by atoms with E-state index >= 15 is 4.39 Å². The summed E-state index contributed by atoms with van der Waals surface area (Å²) >= 11 is 0. The molecule has 0 bridgehead atoms. The fourth-order valence-electron chi connectivity index (χ4n) is 4.10. The molecule has 4 rings (SSSR count). The number of anilines is 1. The van der Waals surface area contributed by atoms with E-state index in [0.717, 1.165) is 6.07 Å². The van der Waals surface area contributed by atoms with Crippen LogP contribution in [0, 0.1) is 17.5 Å². The number of sulfonamides is 1. The van der Waals surface area contributed by atoms with Crippen molar-refractivity contribution >= 4 is 28.3 Å². The lowest BCUT2D eigenvalue weighted by Crippen LogP contribution is -2.41. The number of hydrogen-bond donors (Lipinski definition) is 0. The summed E-state index contributed by atoms with van der Waals surface area (Å²) < 4.78 is 91.1. The monoisotopic (exact) mass is 565 g/mol. The van der Waals surface area contributed by atoms with Crippen LogP contribution in [0.3, 0.4) is 0 Å². The summed E-state index contributed by atoms with van der Waals surface area (Å²) in [5.41, 5.74) is -1.17. The van der Waals surface area contributed by atoms with Gasteiger partial charge in [0.2, 0.25) is 0 Å². The number of halogens is 3. The van der Waals surface area contributed by atoms with Crippen molar-refractivity contribution in [2.24, 2.45) is 0 Å².